The lowest BCUT2D eigenvalue weighted by atomic mass is 9.98. The van der Waals surface area contributed by atoms with Crippen molar-refractivity contribution in [2.24, 2.45) is 5.73 Å². The zero-order valence-corrected chi connectivity index (χ0v) is 21.1. The number of carbonyl (C=O) groups is 4. The van der Waals surface area contributed by atoms with Gasteiger partial charge in [0, 0.05) is 38.1 Å². The normalized spacial score (nSPS) is 25.0. The Balaban J connectivity index is 1.66. The average Bonchev–Trinajstić information content (AvgIpc) is 3.34. The summed E-state index contributed by atoms with van der Waals surface area (Å²) in [6, 6.07) is -1.07. The first-order chi connectivity index (χ1) is 16.1. The minimum Gasteiger partial charge on any atom is -0.480 e. The minimum absolute atomic E-state index is 0.0474. The fourth-order valence-corrected chi connectivity index (χ4v) is 6.90. The van der Waals surface area contributed by atoms with Crippen molar-refractivity contribution in [3.05, 3.63) is 11.3 Å². The quantitative estimate of drug-likeness (QED) is 0.174. The third-order valence-electron chi connectivity index (χ3n) is 5.93. The molecule has 14 heteroatoms. The molecule has 34 heavy (non-hydrogen) atoms. The van der Waals surface area contributed by atoms with Crippen LogP contribution in [0, 0.1) is 0 Å². The number of methoxy groups -OCH3 is 1. The maximum atomic E-state index is 13.1. The third-order valence-corrected chi connectivity index (χ3v) is 8.91. The van der Waals surface area contributed by atoms with Crippen LogP contribution in [-0.2, 0) is 23.9 Å². The number of carbonyl (C=O) groups excluding carboxylic acids is 2. The predicted molar refractivity (Wildman–Crippen MR) is 131 cm³/mol. The number of thiocarbonyl (C=S) groups is 1. The Morgan fingerprint density at radius 2 is 2.03 bits per heavy atom. The first-order valence-corrected chi connectivity index (χ1v) is 13.2. The van der Waals surface area contributed by atoms with E-state index in [0.29, 0.717) is 17.1 Å². The van der Waals surface area contributed by atoms with Crippen LogP contribution in [0.15, 0.2) is 11.3 Å². The first-order valence-electron chi connectivity index (χ1n) is 10.8. The van der Waals surface area contributed by atoms with Crippen molar-refractivity contribution in [3.63, 3.8) is 0 Å². The van der Waals surface area contributed by atoms with Gasteiger partial charge in [-0.3, -0.25) is 19.3 Å². The van der Waals surface area contributed by atoms with Gasteiger partial charge in [-0.05, 0) is 31.3 Å². The van der Waals surface area contributed by atoms with Crippen molar-refractivity contribution in [1.82, 2.24) is 15.1 Å². The molecule has 0 aromatic rings. The standard InChI is InChI=1S/C20H28N4O7S3/c1-31-20(22-13(25)6-4-5-12(21)15(26)27)17(30)24-14(16(28)29)11(9-33-18(20)24)10-34-19(32)23-7-2-3-8-23/h12,18H,2-10,21H2,1H3,(H,22,25)(H,26,27)(H,28,29)/t12?,18-,20-/m0/s1. The number of ether oxygens (including phenoxy) is 1. The summed E-state index contributed by atoms with van der Waals surface area (Å²) >= 11 is 8.17. The van der Waals surface area contributed by atoms with E-state index in [4.69, 9.17) is 27.8 Å². The number of amides is 2. The van der Waals surface area contributed by atoms with E-state index >= 15 is 0 Å². The Hall–Kier alpha value is -1.87. The van der Waals surface area contributed by atoms with Gasteiger partial charge in [0.2, 0.25) is 5.91 Å². The molecule has 3 aliphatic rings. The van der Waals surface area contributed by atoms with E-state index in [2.05, 4.69) is 10.2 Å². The minimum atomic E-state index is -1.68. The molecule has 11 nitrogen and oxygen atoms in total. The van der Waals surface area contributed by atoms with E-state index < -0.39 is 40.9 Å². The van der Waals surface area contributed by atoms with Crippen LogP contribution in [0.1, 0.15) is 32.1 Å². The number of nitrogens with one attached hydrogen (secondary N) is 1. The van der Waals surface area contributed by atoms with Gasteiger partial charge in [0.05, 0.1) is 0 Å². The smallest absolute Gasteiger partial charge is 0.352 e. The van der Waals surface area contributed by atoms with Crippen LogP contribution in [0.2, 0.25) is 0 Å². The van der Waals surface area contributed by atoms with Crippen molar-refractivity contribution in [2.45, 2.75) is 49.2 Å². The topological polar surface area (TPSA) is 162 Å². The van der Waals surface area contributed by atoms with Crippen molar-refractivity contribution in [3.8, 4) is 0 Å². The zero-order valence-electron chi connectivity index (χ0n) is 18.7. The lowest BCUT2D eigenvalue weighted by molar-refractivity contribution is -0.192. The molecule has 3 rings (SSSR count). The van der Waals surface area contributed by atoms with Gasteiger partial charge < -0.3 is 30.9 Å². The van der Waals surface area contributed by atoms with Gasteiger partial charge in [0.25, 0.3) is 11.6 Å². The molecule has 0 aromatic heterocycles. The van der Waals surface area contributed by atoms with Gasteiger partial charge in [-0.2, -0.15) is 0 Å². The summed E-state index contributed by atoms with van der Waals surface area (Å²) in [5, 5.41) is 20.5. The molecule has 3 atom stereocenters. The molecule has 0 radical (unpaired) electrons. The molecular formula is C20H28N4O7S3. The molecular weight excluding hydrogens is 504 g/mol. The lowest BCUT2D eigenvalue weighted by Gasteiger charge is -2.55. The molecule has 2 amide bonds. The van der Waals surface area contributed by atoms with Gasteiger partial charge >= 0.3 is 11.9 Å². The number of thioether (sulfide) groups is 2. The summed E-state index contributed by atoms with van der Waals surface area (Å²) < 4.78 is 6.13. The number of likely N-dealkylation sites (tertiary alicyclic amines) is 1. The second kappa shape index (κ2) is 11.2. The summed E-state index contributed by atoms with van der Waals surface area (Å²) in [6.45, 7) is 1.80. The summed E-state index contributed by atoms with van der Waals surface area (Å²) in [4.78, 5) is 51.7. The van der Waals surface area contributed by atoms with Crippen LogP contribution >= 0.6 is 35.7 Å². The Morgan fingerprint density at radius 1 is 1.35 bits per heavy atom. The molecule has 2 fully saturated rings. The van der Waals surface area contributed by atoms with Gasteiger partial charge in [-0.15, -0.1) is 11.8 Å². The lowest BCUT2D eigenvalue weighted by Crippen LogP contribution is -2.80. The summed E-state index contributed by atoms with van der Waals surface area (Å²) in [7, 11) is 1.28. The van der Waals surface area contributed by atoms with E-state index in [9.17, 15) is 24.3 Å². The number of aliphatic carboxylic acids is 2. The Morgan fingerprint density at radius 3 is 2.62 bits per heavy atom. The number of nitrogens with zero attached hydrogens (tertiary/aromatic N) is 2. The molecule has 3 aliphatic heterocycles. The predicted octanol–water partition coefficient (Wildman–Crippen LogP) is 0.395. The first kappa shape index (κ1) is 26.7. The average molecular weight is 533 g/mol. The highest BCUT2D eigenvalue weighted by Crippen LogP contribution is 2.47. The number of hydrogen-bond donors (Lipinski definition) is 4. The number of carboxylic acids is 2. The number of β-lactam (4-membered cyclic amide) rings is 1. The van der Waals surface area contributed by atoms with Crippen molar-refractivity contribution < 1.29 is 34.1 Å². The van der Waals surface area contributed by atoms with E-state index in [0.717, 1.165) is 35.2 Å². The maximum absolute atomic E-state index is 13.1. The second-order valence-electron chi connectivity index (χ2n) is 8.17. The molecule has 5 N–H and O–H groups in total. The third kappa shape index (κ3) is 5.35. The number of fused-ring (bicyclic) bond motifs is 1. The van der Waals surface area contributed by atoms with Crippen LogP contribution in [0.4, 0.5) is 0 Å². The van der Waals surface area contributed by atoms with Crippen LogP contribution in [0.25, 0.3) is 0 Å². The van der Waals surface area contributed by atoms with Gasteiger partial charge in [-0.25, -0.2) is 4.79 Å². The Labute approximate surface area is 210 Å². The number of carboxylic acid groups (broad SMARTS) is 2. The van der Waals surface area contributed by atoms with Crippen molar-refractivity contribution in [2.75, 3.05) is 31.7 Å². The molecule has 2 saturated heterocycles. The molecule has 3 heterocycles. The van der Waals surface area contributed by atoms with Crippen LogP contribution in [-0.4, -0.2) is 96.9 Å². The number of hydrogen-bond acceptors (Lipinski definition) is 9. The highest BCUT2D eigenvalue weighted by Gasteiger charge is 2.66. The van der Waals surface area contributed by atoms with Gasteiger partial charge in [0.1, 0.15) is 21.4 Å². The van der Waals surface area contributed by atoms with Crippen LogP contribution < -0.4 is 11.1 Å². The zero-order chi connectivity index (χ0) is 25.0. The molecule has 0 saturated carbocycles. The highest BCUT2D eigenvalue weighted by molar-refractivity contribution is 8.23. The van der Waals surface area contributed by atoms with Crippen LogP contribution in [0.5, 0.6) is 0 Å². The van der Waals surface area contributed by atoms with Crippen molar-refractivity contribution in [1.29, 1.82) is 0 Å². The largest absolute Gasteiger partial charge is 0.480 e. The second-order valence-corrected chi connectivity index (χ2v) is 10.8. The molecule has 188 valence electrons. The van der Waals surface area contributed by atoms with Gasteiger partial charge in [0.15, 0.2) is 0 Å². The summed E-state index contributed by atoms with van der Waals surface area (Å²) in [5.74, 6) is -2.84. The van der Waals surface area contributed by atoms with Gasteiger partial charge in [-0.1, -0.05) is 24.0 Å². The molecule has 0 spiro atoms. The fraction of sp³-hybridized carbons (Fsp3) is 0.650. The van der Waals surface area contributed by atoms with Crippen molar-refractivity contribution >= 4 is 63.8 Å². The summed E-state index contributed by atoms with van der Waals surface area (Å²) in [5.41, 5.74) is 4.26. The Bertz CT molecular complexity index is 909. The fourth-order valence-electron chi connectivity index (χ4n) is 4.07. The molecule has 1 unspecified atom stereocenters. The number of rotatable bonds is 10. The number of nitrogens with two attached hydrogens (primary N) is 1. The Kier molecular flexibility index (Phi) is 8.84. The molecule has 0 aromatic carbocycles. The molecule has 0 aliphatic carbocycles. The molecule has 0 bridgehead atoms. The van der Waals surface area contributed by atoms with E-state index in [1.165, 1.54) is 30.6 Å². The van der Waals surface area contributed by atoms with Crippen LogP contribution in [0.3, 0.4) is 0 Å². The maximum Gasteiger partial charge on any atom is 0.352 e. The monoisotopic (exact) mass is 532 g/mol. The van der Waals surface area contributed by atoms with E-state index in [1.54, 1.807) is 0 Å². The summed E-state index contributed by atoms with van der Waals surface area (Å²) in [6.07, 6.45) is 2.44. The highest BCUT2D eigenvalue weighted by atomic mass is 32.2. The SMILES string of the molecule is CO[C@@]1(NC(=O)CCCC(N)C(=O)O)C(=O)N2C(C(=O)O)=C(CSC(=S)N3CCCC3)CS[C@H]21. The van der Waals surface area contributed by atoms with E-state index in [1.807, 2.05) is 0 Å². The van der Waals surface area contributed by atoms with E-state index in [-0.39, 0.29) is 25.0 Å².